The average molecular weight is 742 g/mol. The Labute approximate surface area is 319 Å². The van der Waals surface area contributed by atoms with Crippen molar-refractivity contribution in [3.63, 3.8) is 0 Å². The van der Waals surface area contributed by atoms with Crippen LogP contribution in [0.5, 0.6) is 0 Å². The molecule has 4 N–H and O–H groups in total. The summed E-state index contributed by atoms with van der Waals surface area (Å²) in [5, 5.41) is 5.12. The first-order valence-corrected chi connectivity index (χ1v) is 18.4. The molecule has 14 heteroatoms. The standard InChI is InChI=1S/C40H50N8O6/c1-23(2)33(45-39(51)53-5)37(49)47-19-7-9-31(47)35-41-21-29(43-35)27-15-11-25(12-16-27)26-13-17-28(18-14-26)30-22-42-36(44-30)32-10-8-20-48(32)38(50)34(24(3)4)46-40(52)54-6/h11-18,21-24,31-34H,7-10,19-20H2,1-6H3,(H,41,43)(H,42,44)(H,45,51)(H,46,52)/t31-,32+,33-,34-/m0/s1/i5D3. The van der Waals surface area contributed by atoms with Crippen LogP contribution in [0.2, 0.25) is 0 Å². The number of ether oxygens (including phenoxy) is 2. The molecule has 4 heterocycles. The predicted octanol–water partition coefficient (Wildman–Crippen LogP) is 6.22. The van der Waals surface area contributed by atoms with Crippen molar-refractivity contribution in [3.05, 3.63) is 72.6 Å². The molecule has 2 aromatic heterocycles. The van der Waals surface area contributed by atoms with Crippen molar-refractivity contribution in [1.29, 1.82) is 0 Å². The number of rotatable bonds is 11. The van der Waals surface area contributed by atoms with Crippen molar-refractivity contribution in [2.75, 3.05) is 27.2 Å². The second-order valence-corrected chi connectivity index (χ2v) is 14.5. The number of alkyl carbamates (subject to hydrolysis) is 2. The Morgan fingerprint density at radius 1 is 0.685 bits per heavy atom. The van der Waals surface area contributed by atoms with Crippen molar-refractivity contribution in [3.8, 4) is 33.6 Å². The summed E-state index contributed by atoms with van der Waals surface area (Å²) in [5.41, 5.74) is 5.55. The van der Waals surface area contributed by atoms with Crippen molar-refractivity contribution in [2.45, 2.75) is 77.5 Å². The molecule has 0 bridgehead atoms. The summed E-state index contributed by atoms with van der Waals surface area (Å²) in [5.74, 6) is 0.434. The van der Waals surface area contributed by atoms with Crippen LogP contribution >= 0.6 is 0 Å². The first-order valence-electron chi connectivity index (χ1n) is 19.9. The first kappa shape index (κ1) is 34.1. The number of imidazole rings is 2. The van der Waals surface area contributed by atoms with E-state index in [0.29, 0.717) is 31.2 Å². The fourth-order valence-corrected chi connectivity index (χ4v) is 7.35. The summed E-state index contributed by atoms with van der Waals surface area (Å²) in [7, 11) is -1.64. The topological polar surface area (TPSA) is 175 Å². The maximum Gasteiger partial charge on any atom is 0.407 e. The highest BCUT2D eigenvalue weighted by Crippen LogP contribution is 2.35. The van der Waals surface area contributed by atoms with Gasteiger partial charge >= 0.3 is 12.2 Å². The molecule has 6 rings (SSSR count). The Hall–Kier alpha value is -5.66. The van der Waals surface area contributed by atoms with Crippen LogP contribution in [0.3, 0.4) is 0 Å². The summed E-state index contributed by atoms with van der Waals surface area (Å²) < 4.78 is 30.8. The number of nitrogens with zero attached hydrogens (tertiary/aromatic N) is 4. The van der Waals surface area contributed by atoms with Gasteiger partial charge in [-0.2, -0.15) is 0 Å². The third-order valence-electron chi connectivity index (χ3n) is 10.3. The second-order valence-electron chi connectivity index (χ2n) is 14.5. The van der Waals surface area contributed by atoms with Crippen LogP contribution in [0.15, 0.2) is 60.9 Å². The highest BCUT2D eigenvalue weighted by Gasteiger charge is 2.39. The third-order valence-corrected chi connectivity index (χ3v) is 10.3. The molecule has 4 atom stereocenters. The Kier molecular flexibility index (Phi) is 10.5. The van der Waals surface area contributed by atoms with Crippen LogP contribution in [0.1, 0.15) is 81.2 Å². The van der Waals surface area contributed by atoms with Gasteiger partial charge in [-0.15, -0.1) is 0 Å². The molecule has 2 saturated heterocycles. The number of aromatic nitrogens is 4. The summed E-state index contributed by atoms with van der Waals surface area (Å²) in [4.78, 5) is 70.9. The number of amides is 4. The molecule has 2 aliphatic heterocycles. The smallest absolute Gasteiger partial charge is 0.407 e. The molecule has 2 fully saturated rings. The van der Waals surface area contributed by atoms with Gasteiger partial charge in [0.15, 0.2) is 0 Å². The molecule has 2 aliphatic rings. The van der Waals surface area contributed by atoms with Gasteiger partial charge in [-0.3, -0.25) is 9.59 Å². The van der Waals surface area contributed by atoms with E-state index in [1.807, 2.05) is 62.4 Å². The maximum absolute atomic E-state index is 13.6. The molecule has 4 aromatic rings. The lowest BCUT2D eigenvalue weighted by Gasteiger charge is -2.30. The number of methoxy groups -OCH3 is 2. The molecule has 2 aromatic carbocycles. The van der Waals surface area contributed by atoms with Crippen molar-refractivity contribution >= 4 is 24.0 Å². The minimum atomic E-state index is -2.92. The number of hydrogen-bond donors (Lipinski definition) is 4. The Morgan fingerprint density at radius 3 is 1.44 bits per heavy atom. The van der Waals surface area contributed by atoms with E-state index in [9.17, 15) is 19.2 Å². The summed E-state index contributed by atoms with van der Waals surface area (Å²) in [6, 6.07) is 14.0. The maximum atomic E-state index is 13.6. The second kappa shape index (κ2) is 16.6. The molecule has 0 radical (unpaired) electrons. The molecular formula is C40H50N8O6. The van der Waals surface area contributed by atoms with Gasteiger partial charge < -0.3 is 39.9 Å². The van der Waals surface area contributed by atoms with Crippen LogP contribution in [-0.2, 0) is 19.1 Å². The van der Waals surface area contributed by atoms with Crippen molar-refractivity contribution < 1.29 is 32.8 Å². The minimum absolute atomic E-state index is 0.117. The zero-order valence-corrected chi connectivity index (χ0v) is 31.2. The number of likely N-dealkylation sites (tertiary alicyclic amines) is 2. The summed E-state index contributed by atoms with van der Waals surface area (Å²) in [6.45, 7) is 8.38. The van der Waals surface area contributed by atoms with Gasteiger partial charge in [-0.25, -0.2) is 19.6 Å². The normalized spacial score (nSPS) is 19.2. The Bertz CT molecular complexity index is 2050. The minimum Gasteiger partial charge on any atom is -0.453 e. The van der Waals surface area contributed by atoms with Crippen LogP contribution in [0.4, 0.5) is 9.59 Å². The van der Waals surface area contributed by atoms with E-state index in [1.54, 1.807) is 36.0 Å². The number of benzene rings is 2. The van der Waals surface area contributed by atoms with Gasteiger partial charge in [0, 0.05) is 13.1 Å². The van der Waals surface area contributed by atoms with Crippen LogP contribution < -0.4 is 10.6 Å². The van der Waals surface area contributed by atoms with E-state index >= 15 is 0 Å². The molecule has 286 valence electrons. The number of carbonyl (C=O) groups is 4. The molecule has 0 aliphatic carbocycles. The average Bonchev–Trinajstić information content (AvgIpc) is 4.01. The van der Waals surface area contributed by atoms with E-state index in [4.69, 9.17) is 8.85 Å². The van der Waals surface area contributed by atoms with Crippen LogP contribution in [-0.4, -0.2) is 93.1 Å². The third kappa shape index (κ3) is 8.12. The molecule has 0 spiro atoms. The molecule has 54 heavy (non-hydrogen) atoms. The van der Waals surface area contributed by atoms with Gasteiger partial charge in [-0.05, 0) is 59.8 Å². The summed E-state index contributed by atoms with van der Waals surface area (Å²) in [6.07, 6.45) is 4.76. The van der Waals surface area contributed by atoms with Gasteiger partial charge in [-0.1, -0.05) is 76.2 Å². The van der Waals surface area contributed by atoms with Crippen LogP contribution in [0.25, 0.3) is 33.6 Å². The SMILES string of the molecule is [2H]C([2H])([2H])OC(=O)N[C@H](C(=O)N1CCC[C@H]1c1ncc(-c2ccc(-c3ccc(-c4cnc([C@H]5CCCN5C(=O)[C@@H](NC(=O)OC)C(C)C)[nH]4)cc3)cc2)[nH]1)C(C)C. The Balaban J connectivity index is 1.10. The monoisotopic (exact) mass is 741 g/mol. The van der Waals surface area contributed by atoms with Gasteiger partial charge in [0.25, 0.3) is 0 Å². The predicted molar refractivity (Wildman–Crippen MR) is 203 cm³/mol. The molecule has 0 unspecified atom stereocenters. The number of aromatic amines is 2. The first-order chi connectivity index (χ1) is 27.1. The fraction of sp³-hybridized carbons (Fsp3) is 0.450. The molecule has 14 nitrogen and oxygen atoms in total. The van der Waals surface area contributed by atoms with Gasteiger partial charge in [0.1, 0.15) is 23.7 Å². The lowest BCUT2D eigenvalue weighted by molar-refractivity contribution is -0.136. The lowest BCUT2D eigenvalue weighted by atomic mass is 10.0. The molecule has 4 amide bonds. The quantitative estimate of drug-likeness (QED) is 0.140. The molecular weight excluding hydrogens is 688 g/mol. The fourth-order valence-electron chi connectivity index (χ4n) is 7.35. The van der Waals surface area contributed by atoms with Crippen molar-refractivity contribution in [2.24, 2.45) is 11.8 Å². The van der Waals surface area contributed by atoms with Gasteiger partial charge in [0.2, 0.25) is 11.8 Å². The van der Waals surface area contributed by atoms with Gasteiger partial charge in [0.05, 0.1) is 54.1 Å². The molecule has 0 saturated carbocycles. The highest BCUT2D eigenvalue weighted by molar-refractivity contribution is 5.87. The number of carbonyl (C=O) groups excluding carboxylic acids is 4. The lowest BCUT2D eigenvalue weighted by Crippen LogP contribution is -2.51. The van der Waals surface area contributed by atoms with E-state index < -0.39 is 31.3 Å². The Morgan fingerprint density at radius 2 is 1.07 bits per heavy atom. The summed E-state index contributed by atoms with van der Waals surface area (Å²) >= 11 is 0. The highest BCUT2D eigenvalue weighted by atomic mass is 16.5. The number of H-pyrrole nitrogens is 2. The number of nitrogens with one attached hydrogen (secondary N) is 4. The van der Waals surface area contributed by atoms with E-state index in [-0.39, 0.29) is 35.7 Å². The number of hydrogen-bond acceptors (Lipinski definition) is 8. The largest absolute Gasteiger partial charge is 0.453 e. The van der Waals surface area contributed by atoms with Crippen LogP contribution in [0, 0.1) is 11.8 Å². The van der Waals surface area contributed by atoms with E-state index in [0.717, 1.165) is 52.9 Å². The zero-order chi connectivity index (χ0) is 41.0. The van der Waals surface area contributed by atoms with E-state index in [2.05, 4.69) is 35.3 Å². The van der Waals surface area contributed by atoms with E-state index in [1.165, 1.54) is 7.11 Å². The zero-order valence-electron chi connectivity index (χ0n) is 34.2. The van der Waals surface area contributed by atoms with Crippen molar-refractivity contribution in [1.82, 2.24) is 40.4 Å².